The molecule has 1 saturated heterocycles. The molecule has 378 valence electrons. The van der Waals surface area contributed by atoms with E-state index in [9.17, 15) is 33.9 Å². The molecule has 16 nitrogen and oxygen atoms in total. The molecule has 3 unspecified atom stereocenters. The zero-order chi connectivity index (χ0) is 50.2. The molecule has 1 aliphatic heterocycles. The van der Waals surface area contributed by atoms with Crippen molar-refractivity contribution in [3.63, 3.8) is 0 Å². The topological polar surface area (TPSA) is 197 Å². The largest absolute Gasteiger partial charge is 0.480 e. The number of carboxylic acid groups (broad SMARTS) is 1. The summed E-state index contributed by atoms with van der Waals surface area (Å²) < 4.78 is 18.0. The van der Waals surface area contributed by atoms with E-state index in [0.717, 1.165) is 29.9 Å². The van der Waals surface area contributed by atoms with Crippen LogP contribution in [0.4, 0.5) is 4.79 Å². The summed E-state index contributed by atoms with van der Waals surface area (Å²) in [5.41, 5.74) is 0.769. The lowest BCUT2D eigenvalue weighted by Gasteiger charge is -2.41. The van der Waals surface area contributed by atoms with Gasteiger partial charge >= 0.3 is 12.1 Å². The van der Waals surface area contributed by atoms with Crippen LogP contribution in [0, 0.1) is 23.7 Å². The van der Waals surface area contributed by atoms with Crippen molar-refractivity contribution in [3.05, 3.63) is 60.3 Å². The summed E-state index contributed by atoms with van der Waals surface area (Å²) in [5, 5.41) is 16.6. The quantitative estimate of drug-likeness (QED) is 0.0889. The number of carbonyl (C=O) groups excluding carboxylic acids is 5. The van der Waals surface area contributed by atoms with Crippen molar-refractivity contribution in [2.75, 3.05) is 34.9 Å². The van der Waals surface area contributed by atoms with Crippen LogP contribution in [0.2, 0.25) is 0 Å². The Bertz CT molecular complexity index is 1950. The molecule has 1 aromatic carbocycles. The maximum absolute atomic E-state index is 14.7. The molecule has 0 spiro atoms. The highest BCUT2D eigenvalue weighted by Gasteiger charge is 2.44. The van der Waals surface area contributed by atoms with Gasteiger partial charge in [-0.25, -0.2) is 14.6 Å². The Morgan fingerprint density at radius 1 is 0.853 bits per heavy atom. The third kappa shape index (κ3) is 15.1. The fourth-order valence-electron chi connectivity index (χ4n) is 9.53. The van der Waals surface area contributed by atoms with Gasteiger partial charge in [0.2, 0.25) is 23.6 Å². The van der Waals surface area contributed by atoms with Gasteiger partial charge in [0.15, 0.2) is 0 Å². The number of aromatic nitrogens is 1. The summed E-state index contributed by atoms with van der Waals surface area (Å²) in [5.74, 6) is -4.29. The molecule has 11 atom stereocenters. The van der Waals surface area contributed by atoms with Crippen LogP contribution < -0.4 is 10.6 Å². The average molecular weight is 985 g/mol. The Morgan fingerprint density at radius 3 is 2.13 bits per heavy atom. The fraction of sp³-hybridized carbons (Fsp3) is 0.660. The maximum Gasteiger partial charge on any atom is 0.410 e. The fourth-order valence-corrected chi connectivity index (χ4v) is 12.2. The van der Waals surface area contributed by atoms with Crippen LogP contribution in [0.15, 0.2) is 59.8 Å². The van der Waals surface area contributed by atoms with E-state index in [1.165, 1.54) is 19.1 Å². The molecular weight excluding hydrogens is 909 g/mol. The Labute approximate surface area is 411 Å². The van der Waals surface area contributed by atoms with E-state index in [1.54, 1.807) is 70.7 Å². The first-order valence-electron chi connectivity index (χ1n) is 24.0. The van der Waals surface area contributed by atoms with E-state index >= 15 is 0 Å². The minimum atomic E-state index is -1.15. The number of hydrogen-bond acceptors (Lipinski definition) is 12. The van der Waals surface area contributed by atoms with Gasteiger partial charge in [0.1, 0.15) is 29.3 Å². The van der Waals surface area contributed by atoms with Crippen molar-refractivity contribution in [2.24, 2.45) is 23.7 Å². The van der Waals surface area contributed by atoms with Gasteiger partial charge in [0, 0.05) is 47.5 Å². The maximum atomic E-state index is 14.7. The number of likely N-dealkylation sites (tertiary alicyclic amines) is 1. The Hall–Kier alpha value is -4.39. The molecule has 2 fully saturated rings. The number of benzene rings is 1. The first-order chi connectivity index (χ1) is 32.3. The Kier molecular flexibility index (Phi) is 22.4. The minimum Gasteiger partial charge on any atom is -0.480 e. The number of pyridine rings is 1. The summed E-state index contributed by atoms with van der Waals surface area (Å²) in [4.78, 5) is 91.8. The second-order valence-corrected chi connectivity index (χ2v) is 21.4. The molecule has 4 rings (SSSR count). The molecule has 3 N–H and O–H groups in total. The lowest BCUT2D eigenvalue weighted by Crippen LogP contribution is -2.60. The monoisotopic (exact) mass is 985 g/mol. The molecule has 5 amide bonds. The van der Waals surface area contributed by atoms with Crippen molar-refractivity contribution in [2.45, 2.75) is 159 Å². The summed E-state index contributed by atoms with van der Waals surface area (Å²) in [6, 6.07) is 10.7. The number of carbonyl (C=O) groups is 6. The number of nitrogens with one attached hydrogen (secondary N) is 2. The SMILES string of the molecule is CC[C@H](C)[C@@H]([C@@H](CC(=O)N1CCCC1[C@H](OC)[C@@H](C)C(=O)N[C@@H](Cc1ccccc1)C(=O)O)OC)N(C)C(=O)C(NC(=O)C(C(C)C)N(C)C(=O)O[C@@H]1CCC[C@H]1SSc1ccccn1)C(C)C. The van der Waals surface area contributed by atoms with E-state index in [0.29, 0.717) is 25.8 Å². The highest BCUT2D eigenvalue weighted by atomic mass is 33.1. The number of hydrogen-bond donors (Lipinski definition) is 3. The zero-order valence-electron chi connectivity index (χ0n) is 41.8. The number of aliphatic carboxylic acids is 1. The van der Waals surface area contributed by atoms with E-state index in [1.807, 2.05) is 77.9 Å². The number of amides is 5. The van der Waals surface area contributed by atoms with Gasteiger partial charge in [0.05, 0.1) is 41.9 Å². The number of carboxylic acids is 1. The van der Waals surface area contributed by atoms with Crippen LogP contribution in [0.25, 0.3) is 0 Å². The van der Waals surface area contributed by atoms with Gasteiger partial charge in [-0.2, -0.15) is 0 Å². The van der Waals surface area contributed by atoms with E-state index in [2.05, 4.69) is 15.6 Å². The predicted octanol–water partition coefficient (Wildman–Crippen LogP) is 6.71. The Morgan fingerprint density at radius 2 is 1.54 bits per heavy atom. The lowest BCUT2D eigenvalue weighted by molar-refractivity contribution is -0.148. The van der Waals surface area contributed by atoms with Gasteiger partial charge in [-0.1, -0.05) is 102 Å². The van der Waals surface area contributed by atoms with E-state index in [4.69, 9.17) is 14.2 Å². The minimum absolute atomic E-state index is 0.0701. The van der Waals surface area contributed by atoms with Gasteiger partial charge in [-0.3, -0.25) is 24.1 Å². The first kappa shape index (κ1) is 56.2. The third-order valence-electron chi connectivity index (χ3n) is 13.5. The van der Waals surface area contributed by atoms with Crippen LogP contribution in [0.3, 0.4) is 0 Å². The number of rotatable bonds is 25. The highest BCUT2D eigenvalue weighted by Crippen LogP contribution is 2.42. The smallest absolute Gasteiger partial charge is 0.410 e. The molecule has 68 heavy (non-hydrogen) atoms. The lowest BCUT2D eigenvalue weighted by atomic mass is 9.89. The first-order valence-corrected chi connectivity index (χ1v) is 26.2. The molecule has 1 aliphatic carbocycles. The van der Waals surface area contributed by atoms with Gasteiger partial charge in [0.25, 0.3) is 0 Å². The van der Waals surface area contributed by atoms with Gasteiger partial charge in [-0.15, -0.1) is 0 Å². The Balaban J connectivity index is 1.44. The summed E-state index contributed by atoms with van der Waals surface area (Å²) >= 11 is 0. The van der Waals surface area contributed by atoms with Crippen molar-refractivity contribution in [1.82, 2.24) is 30.3 Å². The molecule has 18 heteroatoms. The van der Waals surface area contributed by atoms with Crippen molar-refractivity contribution < 1.29 is 48.1 Å². The van der Waals surface area contributed by atoms with Crippen LogP contribution in [-0.4, -0.2) is 149 Å². The van der Waals surface area contributed by atoms with Crippen molar-refractivity contribution in [3.8, 4) is 0 Å². The molecule has 1 saturated carbocycles. The molecule has 2 heterocycles. The molecular formula is C50H76N6O10S2. The van der Waals surface area contributed by atoms with Crippen molar-refractivity contribution in [1.29, 1.82) is 0 Å². The second kappa shape index (κ2) is 27.1. The standard InChI is InChI=1S/C50H76N6O10S2/c1-12-32(6)44(38(64-10)29-41(57)56-27-19-22-36(56)45(65-11)33(7)46(58)52-35(49(61)62)28-34-20-14-13-15-21-34)54(8)48(60)42(30(2)3)53-47(59)43(31(4)5)55(9)50(63)66-37-23-18-24-39(37)67-68-40-25-16-17-26-51-40/h13-17,20-21,25-26,30-33,35-39,42-45H,12,18-19,22-24,27-29H2,1-11H3,(H,52,58)(H,53,59)(H,61,62)/t32-,33+,35-,36?,37+,38+,39+,42?,43?,44-,45+/m0/s1. The zero-order valence-corrected chi connectivity index (χ0v) is 43.4. The molecule has 2 aliphatic rings. The second-order valence-electron chi connectivity index (χ2n) is 18.9. The average Bonchev–Trinajstić information content (AvgIpc) is 3.99. The van der Waals surface area contributed by atoms with Gasteiger partial charge < -0.3 is 39.8 Å². The molecule has 1 aromatic heterocycles. The number of methoxy groups -OCH3 is 2. The molecule has 0 bridgehead atoms. The summed E-state index contributed by atoms with van der Waals surface area (Å²) in [6.45, 7) is 13.5. The van der Waals surface area contributed by atoms with Crippen molar-refractivity contribution >= 4 is 57.3 Å². The van der Waals surface area contributed by atoms with Crippen LogP contribution in [0.5, 0.6) is 0 Å². The normalized spacial score (nSPS) is 20.7. The number of nitrogens with zero attached hydrogens (tertiary/aromatic N) is 4. The summed E-state index contributed by atoms with van der Waals surface area (Å²) in [7, 11) is 9.42. The van der Waals surface area contributed by atoms with E-state index < -0.39 is 72.2 Å². The van der Waals surface area contributed by atoms with Crippen LogP contribution >= 0.6 is 21.6 Å². The number of ether oxygens (including phenoxy) is 3. The number of likely N-dealkylation sites (N-methyl/N-ethyl adjacent to an activating group) is 2. The predicted molar refractivity (Wildman–Crippen MR) is 265 cm³/mol. The molecule has 2 aromatic rings. The molecule has 0 radical (unpaired) electrons. The third-order valence-corrected chi connectivity index (χ3v) is 16.4. The van der Waals surface area contributed by atoms with Crippen LogP contribution in [-0.2, 0) is 44.6 Å². The van der Waals surface area contributed by atoms with Crippen LogP contribution in [0.1, 0.15) is 99.0 Å². The highest BCUT2D eigenvalue weighted by molar-refractivity contribution is 8.76. The van der Waals surface area contributed by atoms with E-state index in [-0.39, 0.29) is 53.8 Å². The van der Waals surface area contributed by atoms with Gasteiger partial charge in [-0.05, 0) is 78.3 Å². The summed E-state index contributed by atoms with van der Waals surface area (Å²) in [6.07, 6.45) is 3.82.